The maximum Gasteiger partial charge on any atom is 1.00 e. The van der Waals surface area contributed by atoms with Gasteiger partial charge >= 0.3 is 88.7 Å². The van der Waals surface area contributed by atoms with Crippen molar-refractivity contribution >= 4 is 76.0 Å². The molecule has 2 N–H and O–H groups in total. The van der Waals surface area contributed by atoms with Crippen LogP contribution in [0.1, 0.15) is 54.5 Å². The number of rotatable bonds is 13. The van der Waals surface area contributed by atoms with Crippen molar-refractivity contribution in [1.29, 1.82) is 0 Å². The van der Waals surface area contributed by atoms with Crippen molar-refractivity contribution in [1.82, 2.24) is 34.5 Å². The molecular formula is C21H22N9Na3O10S5. The van der Waals surface area contributed by atoms with Crippen molar-refractivity contribution in [2.45, 2.75) is 47.6 Å². The number of aromatic nitrogens is 6. The van der Waals surface area contributed by atoms with Gasteiger partial charge < -0.3 is 19.0 Å². The van der Waals surface area contributed by atoms with Crippen LogP contribution in [0.5, 0.6) is 0 Å². The summed E-state index contributed by atoms with van der Waals surface area (Å²) in [7, 11) is -14.7. The van der Waals surface area contributed by atoms with Gasteiger partial charge in [0.1, 0.15) is 20.2 Å². The van der Waals surface area contributed by atoms with Crippen LogP contribution in [0.4, 0.5) is 10.8 Å². The van der Waals surface area contributed by atoms with E-state index in [4.69, 9.17) is 0 Å². The van der Waals surface area contributed by atoms with Crippen molar-refractivity contribution < 1.29 is 132 Å². The minimum absolute atomic E-state index is 0. The molecule has 4 aromatic rings. The Morgan fingerprint density at radius 2 is 1.58 bits per heavy atom. The van der Waals surface area contributed by atoms with Crippen molar-refractivity contribution in [3.8, 4) is 0 Å². The smallest absolute Gasteiger partial charge is 0.748 e. The third kappa shape index (κ3) is 12.4. The molecule has 3 heterocycles. The van der Waals surface area contributed by atoms with Crippen molar-refractivity contribution in [3.05, 3.63) is 35.3 Å². The second-order valence-electron chi connectivity index (χ2n) is 9.62. The normalized spacial score (nSPS) is 12.8. The first-order valence-electron chi connectivity index (χ1n) is 12.5. The standard InChI is InChI=1S/C21H25N9O10S5.3Na/c1-10(2)15-16(25-26-20-24-21(29-42-20)41-4-5-43(32,33)34)18-23-17(28-30(18)27-15)11(3)9-22-19(31)12-6-13(44(35,36)37)8-14(7-12)45(38,39)40;;;/h6-8,10-11,27H,4-5,9H2,1-3H3,(H,22,31)(H,32,33,34)(H,35,36,37)(H,38,39,40);;;/q;3*+1/p-3. The van der Waals surface area contributed by atoms with E-state index in [9.17, 15) is 43.7 Å². The summed E-state index contributed by atoms with van der Waals surface area (Å²) in [5.41, 5.74) is 0.729. The molecular weight excluding hydrogens is 768 g/mol. The number of thioether (sulfide) groups is 1. The Balaban J connectivity index is 0.00000384. The molecule has 1 unspecified atom stereocenters. The molecule has 0 aliphatic rings. The minimum Gasteiger partial charge on any atom is -0.748 e. The molecule has 244 valence electrons. The van der Waals surface area contributed by atoms with Crippen molar-refractivity contribution in [3.63, 3.8) is 0 Å². The van der Waals surface area contributed by atoms with Crippen LogP contribution in [-0.2, 0) is 30.4 Å². The number of benzene rings is 1. The van der Waals surface area contributed by atoms with Gasteiger partial charge in [0, 0.05) is 41.1 Å². The van der Waals surface area contributed by atoms with Crippen LogP contribution in [-0.4, -0.2) is 92.0 Å². The number of H-pyrrole nitrogens is 1. The number of fused-ring (bicyclic) bond motifs is 1. The summed E-state index contributed by atoms with van der Waals surface area (Å²) in [6.45, 7) is 5.32. The zero-order chi connectivity index (χ0) is 33.3. The van der Waals surface area contributed by atoms with Gasteiger partial charge in [0.05, 0.1) is 25.6 Å². The number of hydrogen-bond acceptors (Lipinski definition) is 18. The van der Waals surface area contributed by atoms with Crippen LogP contribution in [0.2, 0.25) is 0 Å². The minimum atomic E-state index is -5.18. The number of aromatic amines is 1. The van der Waals surface area contributed by atoms with E-state index in [0.717, 1.165) is 23.3 Å². The van der Waals surface area contributed by atoms with E-state index in [1.807, 2.05) is 13.8 Å². The Morgan fingerprint density at radius 1 is 0.979 bits per heavy atom. The molecule has 0 aliphatic heterocycles. The Bertz CT molecular complexity index is 2070. The zero-order valence-corrected chi connectivity index (χ0v) is 36.3. The average molecular weight is 790 g/mol. The number of amides is 1. The number of nitrogens with zero attached hydrogens (tertiary/aromatic N) is 7. The summed E-state index contributed by atoms with van der Waals surface area (Å²) in [6.07, 6.45) is 0. The third-order valence-corrected chi connectivity index (χ3v) is 9.97. The fraction of sp³-hybridized carbons (Fsp3) is 0.381. The maximum absolute atomic E-state index is 12.7. The largest absolute Gasteiger partial charge is 1.00 e. The summed E-state index contributed by atoms with van der Waals surface area (Å²) in [5, 5.41) is 18.7. The molecule has 0 saturated heterocycles. The number of nitrogens with one attached hydrogen (secondary N) is 2. The molecule has 19 nitrogen and oxygen atoms in total. The molecule has 0 radical (unpaired) electrons. The Kier molecular flexibility index (Phi) is 17.5. The number of hydrogen-bond donors (Lipinski definition) is 2. The van der Waals surface area contributed by atoms with Crippen LogP contribution < -0.4 is 94.0 Å². The summed E-state index contributed by atoms with van der Waals surface area (Å²) in [6, 6.07) is 1.71. The molecule has 1 aromatic carbocycles. The van der Waals surface area contributed by atoms with E-state index in [1.54, 1.807) is 6.92 Å². The van der Waals surface area contributed by atoms with Gasteiger partial charge in [-0.1, -0.05) is 32.5 Å². The molecule has 0 aliphatic carbocycles. The van der Waals surface area contributed by atoms with Crippen LogP contribution >= 0.6 is 23.3 Å². The molecule has 1 atom stereocenters. The molecule has 1 amide bonds. The molecule has 0 saturated carbocycles. The van der Waals surface area contributed by atoms with E-state index in [2.05, 4.69) is 40.1 Å². The molecule has 0 fully saturated rings. The third-order valence-electron chi connectivity index (χ3n) is 5.82. The first kappa shape index (κ1) is 45.6. The number of azo groups is 1. The first-order chi connectivity index (χ1) is 20.8. The quantitative estimate of drug-likeness (QED) is 0.0550. The molecule has 0 spiro atoms. The van der Waals surface area contributed by atoms with Crippen LogP contribution in [0.3, 0.4) is 0 Å². The number of carbonyl (C=O) groups excluding carboxylic acids is 1. The van der Waals surface area contributed by atoms with E-state index in [-0.39, 0.29) is 129 Å². The van der Waals surface area contributed by atoms with E-state index >= 15 is 0 Å². The molecule has 27 heteroatoms. The zero-order valence-electron chi connectivity index (χ0n) is 26.3. The SMILES string of the molecule is CC(C)c1[nH]n2nc(C(C)CNC(=O)c3cc(S(=O)(=O)[O-])cc(S(=O)(=O)[O-])c3)nc2c1N=Nc1nc(SCCS(=O)(=O)[O-])ns1.[Na+].[Na+].[Na+]. The van der Waals surface area contributed by atoms with E-state index in [1.165, 1.54) is 4.63 Å². The summed E-state index contributed by atoms with van der Waals surface area (Å²) < 4.78 is 106. The van der Waals surface area contributed by atoms with Gasteiger partial charge in [-0.3, -0.25) is 9.89 Å². The molecule has 3 aromatic heterocycles. The number of carbonyl (C=O) groups is 1. The predicted octanol–water partition coefficient (Wildman–Crippen LogP) is -7.56. The van der Waals surface area contributed by atoms with Gasteiger partial charge in [-0.2, -0.15) is 14.0 Å². The topological polar surface area (TPSA) is 297 Å². The van der Waals surface area contributed by atoms with E-state index < -0.39 is 63.3 Å². The predicted molar refractivity (Wildman–Crippen MR) is 154 cm³/mol. The van der Waals surface area contributed by atoms with Gasteiger partial charge in [-0.15, -0.1) is 15.3 Å². The Morgan fingerprint density at radius 3 is 2.12 bits per heavy atom. The average Bonchev–Trinajstić information content (AvgIpc) is 3.63. The van der Waals surface area contributed by atoms with Gasteiger partial charge in [0.2, 0.25) is 15.9 Å². The molecule has 4 rings (SSSR count). The van der Waals surface area contributed by atoms with Gasteiger partial charge in [-0.05, 0) is 24.1 Å². The van der Waals surface area contributed by atoms with Crippen molar-refractivity contribution in [2.24, 2.45) is 10.2 Å². The summed E-state index contributed by atoms with van der Waals surface area (Å²) in [5.74, 6) is -1.92. The van der Waals surface area contributed by atoms with E-state index in [0.29, 0.717) is 29.6 Å². The van der Waals surface area contributed by atoms with Crippen LogP contribution in [0.25, 0.3) is 5.65 Å². The summed E-state index contributed by atoms with van der Waals surface area (Å²) in [4.78, 5) is 19.2. The maximum atomic E-state index is 12.7. The second-order valence-corrected chi connectivity index (χ2v) is 15.7. The van der Waals surface area contributed by atoms with Gasteiger partial charge in [-0.25, -0.2) is 30.2 Å². The fourth-order valence-corrected chi connectivity index (χ4v) is 7.05. The van der Waals surface area contributed by atoms with Crippen molar-refractivity contribution in [2.75, 3.05) is 18.1 Å². The van der Waals surface area contributed by atoms with Crippen LogP contribution in [0.15, 0.2) is 43.4 Å². The molecule has 48 heavy (non-hydrogen) atoms. The summed E-state index contributed by atoms with van der Waals surface area (Å²) >= 11 is 1.89. The van der Waals surface area contributed by atoms with Gasteiger partial charge in [0.25, 0.3) is 5.91 Å². The van der Waals surface area contributed by atoms with Gasteiger partial charge in [0.15, 0.2) is 11.5 Å². The first-order valence-corrected chi connectivity index (χ1v) is 18.6. The Hall–Kier alpha value is -0.390. The Labute approximate surface area is 349 Å². The van der Waals surface area contributed by atoms with Crippen LogP contribution in [0, 0.1) is 0 Å². The monoisotopic (exact) mass is 789 g/mol. The fourth-order valence-electron chi connectivity index (χ4n) is 3.62. The second kappa shape index (κ2) is 18.4. The molecule has 0 bridgehead atoms.